The van der Waals surface area contributed by atoms with E-state index in [9.17, 15) is 14.2 Å². The average molecular weight is 270 g/mol. The third-order valence-corrected chi connectivity index (χ3v) is 6.15. The second-order valence-electron chi connectivity index (χ2n) is 3.37. The predicted molar refractivity (Wildman–Crippen MR) is 49.4 cm³/mol. The Kier molecular flexibility index (Phi) is 2.26. The van der Waals surface area contributed by atoms with Crippen LogP contribution in [0.4, 0.5) is 0 Å². The Balaban J connectivity index is 2.51. The number of nitrogens with zero attached hydrogens (tertiary/aromatic N) is 2. The first kappa shape index (κ1) is 11.9. The van der Waals surface area contributed by atoms with E-state index in [1.807, 2.05) is 0 Å². The fourth-order valence-electron chi connectivity index (χ4n) is 1.53. The average Bonchev–Trinajstić information content (AvgIpc) is 2.53. The van der Waals surface area contributed by atoms with Crippen LogP contribution in [0.3, 0.4) is 0 Å². The SMILES string of the molecule is O=P(O)(O)C(O)(C1c2nccn21)P(=O)(O)O. The molecule has 0 bridgehead atoms. The van der Waals surface area contributed by atoms with Crippen molar-refractivity contribution >= 4 is 15.2 Å². The molecule has 1 aromatic rings. The maximum Gasteiger partial charge on any atom is 0.372 e. The molecule has 5 N–H and O–H groups in total. The molecule has 1 unspecified atom stereocenters. The smallest absolute Gasteiger partial charge is 0.366 e. The zero-order valence-electron chi connectivity index (χ0n) is 7.57. The van der Waals surface area contributed by atoms with Crippen LogP contribution in [-0.4, -0.2) is 39.3 Å². The first-order valence-electron chi connectivity index (χ1n) is 3.97. The van der Waals surface area contributed by atoms with Crippen molar-refractivity contribution in [2.75, 3.05) is 0 Å². The molecule has 0 aromatic carbocycles. The fourth-order valence-corrected chi connectivity index (χ4v) is 4.00. The molecule has 1 aliphatic rings. The minimum absolute atomic E-state index is 0.0224. The topological polar surface area (TPSA) is 153 Å². The zero-order chi connectivity index (χ0) is 12.4. The highest BCUT2D eigenvalue weighted by atomic mass is 31.2. The van der Waals surface area contributed by atoms with Gasteiger partial charge in [0.25, 0.3) is 5.08 Å². The molecule has 9 nitrogen and oxygen atoms in total. The minimum Gasteiger partial charge on any atom is -0.366 e. The van der Waals surface area contributed by atoms with Crippen LogP contribution in [0.5, 0.6) is 0 Å². The Hall–Kier alpha value is -0.530. The van der Waals surface area contributed by atoms with Gasteiger partial charge in [0.15, 0.2) is 0 Å². The van der Waals surface area contributed by atoms with Gasteiger partial charge in [-0.15, -0.1) is 0 Å². The number of hydrogen-bond acceptors (Lipinski definition) is 4. The van der Waals surface area contributed by atoms with E-state index in [1.165, 1.54) is 12.4 Å². The molecular weight excluding hydrogens is 262 g/mol. The van der Waals surface area contributed by atoms with E-state index in [0.29, 0.717) is 0 Å². The van der Waals surface area contributed by atoms with Crippen LogP contribution in [0.15, 0.2) is 12.4 Å². The van der Waals surface area contributed by atoms with Gasteiger partial charge in [0.2, 0.25) is 0 Å². The van der Waals surface area contributed by atoms with Crippen LogP contribution in [0.2, 0.25) is 0 Å². The summed E-state index contributed by atoms with van der Waals surface area (Å²) in [6, 6.07) is -1.47. The summed E-state index contributed by atoms with van der Waals surface area (Å²) in [6.45, 7) is 0. The second kappa shape index (κ2) is 3.02. The second-order valence-corrected chi connectivity index (χ2v) is 7.26. The lowest BCUT2D eigenvalue weighted by atomic mass is 10.4. The first-order valence-corrected chi connectivity index (χ1v) is 7.19. The molecule has 1 aromatic heterocycles. The maximum absolute atomic E-state index is 11.1. The van der Waals surface area contributed by atoms with E-state index < -0.39 is 26.3 Å². The zero-order valence-corrected chi connectivity index (χ0v) is 9.36. The van der Waals surface area contributed by atoms with Crippen LogP contribution in [0, 0.1) is 0 Å². The normalized spacial score (nSPS) is 20.7. The third kappa shape index (κ3) is 1.34. The van der Waals surface area contributed by atoms with Gasteiger partial charge in [-0.3, -0.25) is 9.13 Å². The highest BCUT2D eigenvalue weighted by molar-refractivity contribution is 7.72. The molecule has 0 fully saturated rings. The molecular formula is C5H8N2O7P2. The quantitative estimate of drug-likeness (QED) is 0.428. The number of aliphatic hydroxyl groups is 1. The summed E-state index contributed by atoms with van der Waals surface area (Å²) >= 11 is 0. The van der Waals surface area contributed by atoms with Gasteiger partial charge in [-0.1, -0.05) is 0 Å². The summed E-state index contributed by atoms with van der Waals surface area (Å²) in [5.74, 6) is 0.0224. The number of imidazole rings is 1. The van der Waals surface area contributed by atoms with Crippen molar-refractivity contribution in [3.05, 3.63) is 18.2 Å². The van der Waals surface area contributed by atoms with Crippen LogP contribution in [0.1, 0.15) is 11.9 Å². The Morgan fingerprint density at radius 3 is 2.06 bits per heavy atom. The minimum atomic E-state index is -5.42. The molecule has 1 atom stereocenters. The Morgan fingerprint density at radius 2 is 1.75 bits per heavy atom. The molecule has 0 aliphatic carbocycles. The van der Waals surface area contributed by atoms with Crippen LogP contribution in [0.25, 0.3) is 0 Å². The summed E-state index contributed by atoms with van der Waals surface area (Å²) in [5.41, 5.74) is 0. The standard InChI is InChI=1S/C5H8N2O7P2/c8-5(15(9,10)11,16(12,13)14)3-4-6-1-2-7(3)4/h1-3,8H,(H2,9,10,11)(H2,12,13,14). The molecule has 0 spiro atoms. The molecule has 16 heavy (non-hydrogen) atoms. The van der Waals surface area contributed by atoms with Crippen LogP contribution >= 0.6 is 15.2 Å². The van der Waals surface area contributed by atoms with Crippen LogP contribution in [-0.2, 0) is 9.13 Å². The monoisotopic (exact) mass is 270 g/mol. The Morgan fingerprint density at radius 1 is 1.25 bits per heavy atom. The highest BCUT2D eigenvalue weighted by Gasteiger charge is 2.71. The highest BCUT2D eigenvalue weighted by Crippen LogP contribution is 2.74. The van der Waals surface area contributed by atoms with E-state index in [1.54, 1.807) is 0 Å². The third-order valence-electron chi connectivity index (χ3n) is 2.38. The summed E-state index contributed by atoms with van der Waals surface area (Å²) in [6.07, 6.45) is 2.54. The van der Waals surface area contributed by atoms with Gasteiger partial charge < -0.3 is 29.2 Å². The van der Waals surface area contributed by atoms with Crippen molar-refractivity contribution < 1.29 is 33.8 Å². The molecule has 0 saturated heterocycles. The van der Waals surface area contributed by atoms with Crippen molar-refractivity contribution in [1.82, 2.24) is 9.55 Å². The molecule has 0 saturated carbocycles. The summed E-state index contributed by atoms with van der Waals surface area (Å²) in [7, 11) is -10.8. The predicted octanol–water partition coefficient (Wildman–Crippen LogP) is -1.21. The number of aromatic nitrogens is 2. The molecule has 11 heteroatoms. The van der Waals surface area contributed by atoms with Gasteiger partial charge >= 0.3 is 15.2 Å². The van der Waals surface area contributed by atoms with Crippen molar-refractivity contribution in [3.63, 3.8) is 0 Å². The van der Waals surface area contributed by atoms with Crippen molar-refractivity contribution in [3.8, 4) is 0 Å². The van der Waals surface area contributed by atoms with Gasteiger partial charge in [0.05, 0.1) is 0 Å². The number of fused-ring (bicyclic) bond motifs is 1. The molecule has 90 valence electrons. The van der Waals surface area contributed by atoms with Gasteiger partial charge in [-0.2, -0.15) is 0 Å². The Bertz CT molecular complexity index is 486. The Labute approximate surface area is 88.7 Å². The number of hydrogen-bond donors (Lipinski definition) is 5. The van der Waals surface area contributed by atoms with Crippen LogP contribution < -0.4 is 0 Å². The molecule has 0 radical (unpaired) electrons. The lowest BCUT2D eigenvalue weighted by molar-refractivity contribution is 0.118. The van der Waals surface area contributed by atoms with Crippen molar-refractivity contribution in [2.45, 2.75) is 11.1 Å². The van der Waals surface area contributed by atoms with Crippen molar-refractivity contribution in [2.24, 2.45) is 0 Å². The van der Waals surface area contributed by atoms with E-state index >= 15 is 0 Å². The summed E-state index contributed by atoms with van der Waals surface area (Å²) < 4.78 is 23.2. The molecule has 1 aliphatic heterocycles. The lowest BCUT2D eigenvalue weighted by Gasteiger charge is -2.28. The number of rotatable bonds is 3. The van der Waals surface area contributed by atoms with Gasteiger partial charge in [0.1, 0.15) is 11.9 Å². The van der Waals surface area contributed by atoms with E-state index in [2.05, 4.69) is 4.98 Å². The summed E-state index contributed by atoms with van der Waals surface area (Å²) in [5, 5.41) is 6.21. The van der Waals surface area contributed by atoms with Crippen molar-refractivity contribution in [1.29, 1.82) is 0 Å². The maximum atomic E-state index is 11.1. The van der Waals surface area contributed by atoms with E-state index in [4.69, 9.17) is 19.6 Å². The molecule has 2 heterocycles. The fraction of sp³-hybridized carbons (Fsp3) is 0.400. The van der Waals surface area contributed by atoms with Gasteiger partial charge in [0, 0.05) is 12.4 Å². The lowest BCUT2D eigenvalue weighted by Crippen LogP contribution is -2.31. The van der Waals surface area contributed by atoms with Gasteiger partial charge in [-0.25, -0.2) is 4.98 Å². The molecule has 0 amide bonds. The van der Waals surface area contributed by atoms with E-state index in [0.717, 1.165) is 4.57 Å². The first-order chi connectivity index (χ1) is 7.11. The largest absolute Gasteiger partial charge is 0.372 e. The van der Waals surface area contributed by atoms with Gasteiger partial charge in [-0.05, 0) is 0 Å². The summed E-state index contributed by atoms with van der Waals surface area (Å²) in [4.78, 5) is 39.2. The molecule has 2 rings (SSSR count). The van der Waals surface area contributed by atoms with E-state index in [-0.39, 0.29) is 5.82 Å².